The summed E-state index contributed by atoms with van der Waals surface area (Å²) in [7, 11) is -3.56. The quantitative estimate of drug-likeness (QED) is 0.729. The van der Waals surface area contributed by atoms with Crippen LogP contribution in [0.5, 0.6) is 5.75 Å². The van der Waals surface area contributed by atoms with Gasteiger partial charge in [0.25, 0.3) is 5.91 Å². The van der Waals surface area contributed by atoms with E-state index in [2.05, 4.69) is 4.98 Å². The molecule has 3 rings (SSSR count). The molecule has 2 heterocycles. The van der Waals surface area contributed by atoms with E-state index >= 15 is 0 Å². The van der Waals surface area contributed by atoms with Crippen molar-refractivity contribution in [2.45, 2.75) is 37.5 Å². The van der Waals surface area contributed by atoms with Crippen molar-refractivity contribution in [3.8, 4) is 5.75 Å². The van der Waals surface area contributed by atoms with E-state index in [-0.39, 0.29) is 29.3 Å². The Morgan fingerprint density at radius 1 is 1.21 bits per heavy atom. The van der Waals surface area contributed by atoms with Crippen molar-refractivity contribution in [3.63, 3.8) is 0 Å². The van der Waals surface area contributed by atoms with Gasteiger partial charge in [0.2, 0.25) is 0 Å². The molecule has 0 N–H and O–H groups in total. The number of rotatable bonds is 5. The summed E-state index contributed by atoms with van der Waals surface area (Å²) in [6, 6.07) is 4.95. The van der Waals surface area contributed by atoms with Crippen molar-refractivity contribution in [3.05, 3.63) is 52.8 Å². The van der Waals surface area contributed by atoms with Gasteiger partial charge in [-0.15, -0.1) is 0 Å². The van der Waals surface area contributed by atoms with Gasteiger partial charge in [-0.05, 0) is 41.8 Å². The normalized spacial score (nSPS) is 14.0. The lowest BCUT2D eigenvalue weighted by Crippen LogP contribution is -2.26. The Morgan fingerprint density at radius 2 is 1.90 bits per heavy atom. The summed E-state index contributed by atoms with van der Waals surface area (Å²) < 4.78 is 68.0. The second kappa shape index (κ2) is 7.66. The van der Waals surface area contributed by atoms with Gasteiger partial charge in [0.15, 0.2) is 9.84 Å². The number of hydrogen-bond acceptors (Lipinski definition) is 5. The average Bonchev–Trinajstić information content (AvgIpc) is 3.07. The lowest BCUT2D eigenvalue weighted by molar-refractivity contribution is -0.141. The largest absolute Gasteiger partial charge is 0.493 e. The summed E-state index contributed by atoms with van der Waals surface area (Å²) in [4.78, 5) is 17.8. The highest BCUT2D eigenvalue weighted by Crippen LogP contribution is 2.33. The summed E-state index contributed by atoms with van der Waals surface area (Å²) in [5.74, 6) is -0.291. The Balaban J connectivity index is 1.93. The van der Waals surface area contributed by atoms with E-state index in [9.17, 15) is 26.4 Å². The molecule has 0 saturated heterocycles. The zero-order valence-corrected chi connectivity index (χ0v) is 16.6. The van der Waals surface area contributed by atoms with Crippen LogP contribution in [0, 0.1) is 0 Å². The van der Waals surface area contributed by atoms with Gasteiger partial charge in [0.05, 0.1) is 17.1 Å². The van der Waals surface area contributed by atoms with Crippen LogP contribution in [0.4, 0.5) is 13.2 Å². The van der Waals surface area contributed by atoms with Crippen molar-refractivity contribution in [2.75, 3.05) is 12.9 Å². The van der Waals surface area contributed by atoms with Crippen molar-refractivity contribution < 1.29 is 31.1 Å². The molecular weight excluding hydrogens is 409 g/mol. The highest BCUT2D eigenvalue weighted by atomic mass is 32.2. The van der Waals surface area contributed by atoms with Crippen LogP contribution in [-0.2, 0) is 29.1 Å². The van der Waals surface area contributed by atoms with Crippen LogP contribution in [0.1, 0.15) is 40.5 Å². The second-order valence-electron chi connectivity index (χ2n) is 6.78. The average molecular weight is 428 g/mol. The molecule has 10 heteroatoms. The van der Waals surface area contributed by atoms with Crippen molar-refractivity contribution in [1.82, 2.24) is 9.88 Å². The van der Waals surface area contributed by atoms with Crippen LogP contribution in [0.15, 0.2) is 35.4 Å². The summed E-state index contributed by atoms with van der Waals surface area (Å²) in [6.45, 7) is 2.26. The minimum atomic E-state index is -4.57. The third-order valence-corrected chi connectivity index (χ3v) is 5.56. The molecule has 0 radical (unpaired) electrons. The number of nitrogens with zero attached hydrogens (tertiary/aromatic N) is 2. The fourth-order valence-electron chi connectivity index (χ4n) is 3.00. The summed E-state index contributed by atoms with van der Waals surface area (Å²) in [6.07, 6.45) is -1.74. The smallest absolute Gasteiger partial charge is 0.433 e. The number of amides is 1. The standard InChI is InChI=1S/C19H19F3N2O4S/c1-3-6-28-16-5-4-14(29(2,26)27)8-15(16)18(25)24-10-12-7-17(19(20,21)22)23-9-13(12)11-24/h4-5,7-9H,3,6,10-11H2,1-2H3. The van der Waals surface area contributed by atoms with Crippen LogP contribution >= 0.6 is 0 Å². The van der Waals surface area contributed by atoms with Gasteiger partial charge in [-0.3, -0.25) is 9.78 Å². The maximum Gasteiger partial charge on any atom is 0.433 e. The molecule has 1 aliphatic heterocycles. The first-order valence-corrected chi connectivity index (χ1v) is 10.7. The molecule has 2 aromatic rings. The van der Waals surface area contributed by atoms with E-state index in [0.717, 1.165) is 18.5 Å². The molecule has 1 amide bonds. The Bertz CT molecular complexity index is 1050. The van der Waals surface area contributed by atoms with Crippen molar-refractivity contribution >= 4 is 15.7 Å². The maximum atomic E-state index is 13.1. The fraction of sp³-hybridized carbons (Fsp3) is 0.368. The minimum absolute atomic E-state index is 0.0317. The van der Waals surface area contributed by atoms with E-state index in [4.69, 9.17) is 4.74 Å². The zero-order chi connectivity index (χ0) is 21.4. The van der Waals surface area contributed by atoms with E-state index in [1.165, 1.54) is 23.1 Å². The van der Waals surface area contributed by atoms with Gasteiger partial charge in [0, 0.05) is 25.5 Å². The van der Waals surface area contributed by atoms with Crippen LogP contribution in [-0.4, -0.2) is 37.1 Å². The molecule has 0 atom stereocenters. The lowest BCUT2D eigenvalue weighted by atomic mass is 10.1. The number of halogens is 3. The Morgan fingerprint density at radius 3 is 2.52 bits per heavy atom. The monoisotopic (exact) mass is 428 g/mol. The molecule has 156 valence electrons. The molecule has 0 aliphatic carbocycles. The number of aromatic nitrogens is 1. The molecule has 0 fully saturated rings. The number of sulfone groups is 1. The van der Waals surface area contributed by atoms with Gasteiger partial charge in [-0.25, -0.2) is 8.42 Å². The number of carbonyl (C=O) groups is 1. The second-order valence-corrected chi connectivity index (χ2v) is 8.79. The highest BCUT2D eigenvalue weighted by molar-refractivity contribution is 7.90. The zero-order valence-electron chi connectivity index (χ0n) is 15.8. The fourth-order valence-corrected chi connectivity index (χ4v) is 3.64. The topological polar surface area (TPSA) is 76.6 Å². The summed E-state index contributed by atoms with van der Waals surface area (Å²) in [5, 5.41) is 0. The van der Waals surface area contributed by atoms with Crippen LogP contribution < -0.4 is 4.74 Å². The number of benzene rings is 1. The first-order valence-electron chi connectivity index (χ1n) is 8.82. The van der Waals surface area contributed by atoms with Crippen LogP contribution in [0.2, 0.25) is 0 Å². The van der Waals surface area contributed by atoms with Crippen LogP contribution in [0.25, 0.3) is 0 Å². The lowest BCUT2D eigenvalue weighted by Gasteiger charge is -2.18. The van der Waals surface area contributed by atoms with Crippen molar-refractivity contribution in [2.24, 2.45) is 0 Å². The number of carbonyl (C=O) groups excluding carboxylic acids is 1. The molecule has 0 saturated carbocycles. The third kappa shape index (κ3) is 4.52. The number of hydrogen-bond donors (Lipinski definition) is 0. The Kier molecular flexibility index (Phi) is 5.57. The van der Waals surface area contributed by atoms with Crippen LogP contribution in [0.3, 0.4) is 0 Å². The molecule has 6 nitrogen and oxygen atoms in total. The third-order valence-electron chi connectivity index (χ3n) is 4.45. The van der Waals surface area contributed by atoms with Crippen molar-refractivity contribution in [1.29, 1.82) is 0 Å². The molecule has 1 aromatic carbocycles. The van der Waals surface area contributed by atoms with Gasteiger partial charge in [0.1, 0.15) is 11.4 Å². The first-order chi connectivity index (χ1) is 13.5. The number of ether oxygens (including phenoxy) is 1. The van der Waals surface area contributed by atoms with E-state index in [0.29, 0.717) is 24.2 Å². The minimum Gasteiger partial charge on any atom is -0.493 e. The predicted molar refractivity (Wildman–Crippen MR) is 98.2 cm³/mol. The first kappa shape index (κ1) is 21.1. The molecule has 0 spiro atoms. The summed E-state index contributed by atoms with van der Waals surface area (Å²) >= 11 is 0. The predicted octanol–water partition coefficient (Wildman–Crippen LogP) is 3.45. The number of pyridine rings is 1. The SMILES string of the molecule is CCCOc1ccc(S(C)(=O)=O)cc1C(=O)N1Cc2cnc(C(F)(F)F)cc2C1. The molecule has 0 bridgehead atoms. The van der Waals surface area contributed by atoms with E-state index in [1.54, 1.807) is 0 Å². The maximum absolute atomic E-state index is 13.1. The van der Waals surface area contributed by atoms with E-state index in [1.807, 2.05) is 6.92 Å². The Labute approximate surface area is 166 Å². The molecule has 1 aliphatic rings. The molecule has 0 unspecified atom stereocenters. The molecule has 29 heavy (non-hydrogen) atoms. The molecular formula is C19H19F3N2O4S. The highest BCUT2D eigenvalue weighted by Gasteiger charge is 2.35. The van der Waals surface area contributed by atoms with E-state index < -0.39 is 27.6 Å². The number of alkyl halides is 3. The summed E-state index contributed by atoms with van der Waals surface area (Å²) in [5.41, 5.74) is -0.0904. The molecule has 1 aromatic heterocycles. The van der Waals surface area contributed by atoms with Gasteiger partial charge >= 0.3 is 6.18 Å². The van der Waals surface area contributed by atoms with Gasteiger partial charge in [-0.1, -0.05) is 6.92 Å². The number of fused-ring (bicyclic) bond motifs is 1. The Hall–Kier alpha value is -2.62. The van der Waals surface area contributed by atoms with Gasteiger partial charge < -0.3 is 9.64 Å². The van der Waals surface area contributed by atoms with Gasteiger partial charge in [-0.2, -0.15) is 13.2 Å².